The Morgan fingerprint density at radius 1 is 0.632 bits per heavy atom. The second-order valence-corrected chi connectivity index (χ2v) is 17.1. The highest BCUT2D eigenvalue weighted by Crippen LogP contribution is 2.23. The van der Waals surface area contributed by atoms with Gasteiger partial charge in [-0.3, -0.25) is 4.79 Å². The summed E-state index contributed by atoms with van der Waals surface area (Å²) in [5.74, 6) is -0.115. The number of unbranched alkanes of at least 4 members (excludes halogenated alkanes) is 20. The third kappa shape index (κ3) is 25.9. The molecule has 0 aliphatic carbocycles. The maximum atomic E-state index is 13.1. The molecule has 0 saturated carbocycles. The zero-order valence-corrected chi connectivity index (χ0v) is 36.5. The lowest BCUT2D eigenvalue weighted by molar-refractivity contribution is -0.303. The number of nitrogens with one attached hydrogen (secondary N) is 1. The van der Waals surface area contributed by atoms with E-state index in [4.69, 9.17) is 9.47 Å². The second-order valence-electron chi connectivity index (χ2n) is 17.1. The second kappa shape index (κ2) is 35.6. The maximum absolute atomic E-state index is 13.1. The van der Waals surface area contributed by atoms with Gasteiger partial charge in [0.05, 0.1) is 25.4 Å². The van der Waals surface area contributed by atoms with Crippen molar-refractivity contribution < 1.29 is 50.0 Å². The van der Waals surface area contributed by atoms with E-state index in [1.54, 1.807) is 0 Å². The van der Waals surface area contributed by atoms with Crippen molar-refractivity contribution in [2.24, 2.45) is 5.92 Å². The quantitative estimate of drug-likeness (QED) is 0.0229. The number of aliphatic hydroxyl groups excluding tert-OH is 7. The predicted octanol–water partition coefficient (Wildman–Crippen LogP) is 7.53. The zero-order chi connectivity index (χ0) is 42.1. The minimum absolute atomic E-state index is 0.260. The predicted molar refractivity (Wildman–Crippen MR) is 229 cm³/mol. The van der Waals surface area contributed by atoms with Gasteiger partial charge in [-0.25, -0.2) is 0 Å². The molecule has 1 aliphatic heterocycles. The van der Waals surface area contributed by atoms with Crippen molar-refractivity contribution in [3.05, 3.63) is 12.2 Å². The van der Waals surface area contributed by atoms with E-state index in [0.717, 1.165) is 32.1 Å². The average Bonchev–Trinajstić information content (AvgIpc) is 3.20. The molecule has 1 unspecified atom stereocenters. The first kappa shape index (κ1) is 53.9. The van der Waals surface area contributed by atoms with Crippen LogP contribution in [0.3, 0.4) is 0 Å². The fourth-order valence-corrected chi connectivity index (χ4v) is 7.68. The molecule has 0 radical (unpaired) electrons. The minimum Gasteiger partial charge on any atom is -0.394 e. The van der Waals surface area contributed by atoms with Crippen LogP contribution in [0.5, 0.6) is 0 Å². The van der Waals surface area contributed by atoms with Gasteiger partial charge in [0.1, 0.15) is 36.6 Å². The maximum Gasteiger partial charge on any atom is 0.249 e. The van der Waals surface area contributed by atoms with Gasteiger partial charge in [-0.05, 0) is 44.4 Å². The Morgan fingerprint density at radius 2 is 1.09 bits per heavy atom. The van der Waals surface area contributed by atoms with Crippen LogP contribution in [0.4, 0.5) is 0 Å². The number of aliphatic hydroxyl groups is 7. The largest absolute Gasteiger partial charge is 0.394 e. The highest BCUT2D eigenvalue weighted by molar-refractivity contribution is 5.80. The van der Waals surface area contributed by atoms with Gasteiger partial charge in [0, 0.05) is 0 Å². The molecule has 1 aliphatic rings. The van der Waals surface area contributed by atoms with Crippen molar-refractivity contribution >= 4 is 5.91 Å². The fraction of sp³-hybridized carbons (Fsp3) is 0.935. The van der Waals surface area contributed by atoms with E-state index in [9.17, 15) is 40.5 Å². The van der Waals surface area contributed by atoms with Gasteiger partial charge in [0.2, 0.25) is 5.91 Å². The normalized spacial score (nSPS) is 22.7. The highest BCUT2D eigenvalue weighted by Gasteiger charge is 2.44. The van der Waals surface area contributed by atoms with Gasteiger partial charge in [-0.15, -0.1) is 0 Å². The van der Waals surface area contributed by atoms with Gasteiger partial charge < -0.3 is 50.5 Å². The molecular formula is C46H89NO10. The van der Waals surface area contributed by atoms with Crippen molar-refractivity contribution in [2.45, 2.75) is 256 Å². The Morgan fingerprint density at radius 3 is 1.63 bits per heavy atom. The van der Waals surface area contributed by atoms with Crippen molar-refractivity contribution in [3.8, 4) is 0 Å². The van der Waals surface area contributed by atoms with Gasteiger partial charge in [0.25, 0.3) is 0 Å². The van der Waals surface area contributed by atoms with Crippen LogP contribution in [0, 0.1) is 5.92 Å². The van der Waals surface area contributed by atoms with Crippen molar-refractivity contribution in [1.82, 2.24) is 5.32 Å². The molecule has 10 atom stereocenters. The fourth-order valence-electron chi connectivity index (χ4n) is 7.68. The lowest BCUT2D eigenvalue weighted by atomic mass is 9.94. The average molecular weight is 816 g/mol. The first-order valence-electron chi connectivity index (χ1n) is 23.5. The summed E-state index contributed by atoms with van der Waals surface area (Å²) in [5, 5.41) is 75.7. The standard InChI is InChI=1S/C46H89NO10/c1-4-6-8-10-11-12-13-14-15-16-17-18-19-20-21-22-23-25-27-33-39(50)45(55)47-37(35-56-46-44(54)43(53)42(52)40(34-48)57-46)41(51)38(49)32-29-28-31-36(3)30-26-24-9-7-5-2/h12-13,36-44,46,48-54H,4-11,14-35H2,1-3H3,(H,47,55)/b13-12-/t36?,37-,38+,39+,40+,41-,42+,43-,44+,46+/m0/s1. The summed E-state index contributed by atoms with van der Waals surface area (Å²) in [6.07, 6.45) is 24.2. The molecule has 0 aromatic heterocycles. The van der Waals surface area contributed by atoms with E-state index in [-0.39, 0.29) is 6.42 Å². The third-order valence-electron chi connectivity index (χ3n) is 11.7. The van der Waals surface area contributed by atoms with Crippen molar-refractivity contribution in [3.63, 3.8) is 0 Å². The van der Waals surface area contributed by atoms with E-state index < -0.39 is 74.2 Å². The van der Waals surface area contributed by atoms with Crippen LogP contribution in [0.2, 0.25) is 0 Å². The number of amides is 1. The smallest absolute Gasteiger partial charge is 0.249 e. The van der Waals surface area contributed by atoms with Crippen LogP contribution in [0.15, 0.2) is 12.2 Å². The molecule has 1 amide bonds. The lowest BCUT2D eigenvalue weighted by Crippen LogP contribution is -2.60. The third-order valence-corrected chi connectivity index (χ3v) is 11.7. The Labute approximate surface area is 347 Å². The molecule has 1 saturated heterocycles. The summed E-state index contributed by atoms with van der Waals surface area (Å²) >= 11 is 0. The van der Waals surface area contributed by atoms with E-state index in [0.29, 0.717) is 25.2 Å². The van der Waals surface area contributed by atoms with E-state index in [1.807, 2.05) is 0 Å². The van der Waals surface area contributed by atoms with Crippen molar-refractivity contribution in [2.75, 3.05) is 13.2 Å². The molecule has 0 spiro atoms. The number of rotatable bonds is 38. The van der Waals surface area contributed by atoms with Crippen LogP contribution in [-0.4, -0.2) is 110 Å². The molecule has 11 heteroatoms. The number of carbonyl (C=O) groups is 1. The van der Waals surface area contributed by atoms with Gasteiger partial charge in [-0.1, -0.05) is 174 Å². The molecule has 1 fully saturated rings. The van der Waals surface area contributed by atoms with E-state index >= 15 is 0 Å². The Balaban J connectivity index is 2.44. The van der Waals surface area contributed by atoms with Crippen LogP contribution in [0.1, 0.15) is 201 Å². The summed E-state index contributed by atoms with van der Waals surface area (Å²) < 4.78 is 11.1. The molecule has 1 heterocycles. The molecular weight excluding hydrogens is 727 g/mol. The van der Waals surface area contributed by atoms with Crippen LogP contribution in [-0.2, 0) is 14.3 Å². The summed E-state index contributed by atoms with van der Waals surface area (Å²) in [7, 11) is 0. The van der Waals surface area contributed by atoms with E-state index in [1.165, 1.54) is 122 Å². The number of carbonyl (C=O) groups excluding carboxylic acids is 1. The number of hydrogen-bond donors (Lipinski definition) is 8. The molecule has 338 valence electrons. The Kier molecular flexibility index (Phi) is 33.6. The molecule has 57 heavy (non-hydrogen) atoms. The summed E-state index contributed by atoms with van der Waals surface area (Å²) in [6.45, 7) is 5.65. The zero-order valence-electron chi connectivity index (χ0n) is 36.5. The first-order valence-corrected chi connectivity index (χ1v) is 23.5. The molecule has 11 nitrogen and oxygen atoms in total. The summed E-state index contributed by atoms with van der Waals surface area (Å²) in [6, 6.07) is -1.17. The Hall–Kier alpha value is -1.15. The monoisotopic (exact) mass is 816 g/mol. The van der Waals surface area contributed by atoms with Crippen LogP contribution >= 0.6 is 0 Å². The Bertz CT molecular complexity index is 954. The molecule has 8 N–H and O–H groups in total. The van der Waals surface area contributed by atoms with E-state index in [2.05, 4.69) is 38.2 Å². The van der Waals surface area contributed by atoms with Crippen LogP contribution in [0.25, 0.3) is 0 Å². The lowest BCUT2D eigenvalue weighted by Gasteiger charge is -2.40. The van der Waals surface area contributed by atoms with Crippen molar-refractivity contribution in [1.29, 1.82) is 0 Å². The number of ether oxygens (including phenoxy) is 2. The SMILES string of the molecule is CCCCCC/C=C\CCCCCCCCCCCCC[C@@H](O)C(=O)N[C@@H](CO[C@@H]1O[C@H](CO)[C@@H](O)[C@H](O)[C@H]1O)[C@H](O)[C@H](O)CCCCC(C)CCCCCCC. The molecule has 1 rings (SSSR count). The number of hydrogen-bond acceptors (Lipinski definition) is 10. The molecule has 0 bridgehead atoms. The minimum atomic E-state index is -1.66. The number of allylic oxidation sites excluding steroid dienone is 2. The highest BCUT2D eigenvalue weighted by atomic mass is 16.7. The summed E-state index contributed by atoms with van der Waals surface area (Å²) in [4.78, 5) is 13.1. The topological polar surface area (TPSA) is 189 Å². The van der Waals surface area contributed by atoms with Gasteiger partial charge in [-0.2, -0.15) is 0 Å². The van der Waals surface area contributed by atoms with Crippen LogP contribution < -0.4 is 5.32 Å². The molecule has 0 aromatic carbocycles. The molecule has 0 aromatic rings. The van der Waals surface area contributed by atoms with Gasteiger partial charge >= 0.3 is 0 Å². The summed E-state index contributed by atoms with van der Waals surface area (Å²) in [5.41, 5.74) is 0. The van der Waals surface area contributed by atoms with Gasteiger partial charge in [0.15, 0.2) is 6.29 Å². The first-order chi connectivity index (χ1) is 27.6.